The lowest BCUT2D eigenvalue weighted by Crippen LogP contribution is -2.17. The Hall–Kier alpha value is -3.73. The van der Waals surface area contributed by atoms with Crippen LogP contribution in [0.25, 0.3) is 0 Å². The van der Waals surface area contributed by atoms with E-state index in [9.17, 15) is 9.90 Å². The van der Waals surface area contributed by atoms with Crippen LogP contribution in [0.4, 0.5) is 5.69 Å². The SMILES string of the molecule is O=C(N/N=C/c1ccccc1O)c1ccccc1N=Cc1ccccc1. The number of carbonyl (C=O) groups is 1. The number of aliphatic imine (C=N–C) groups is 1. The van der Waals surface area contributed by atoms with Crippen LogP contribution in [-0.2, 0) is 0 Å². The molecule has 0 aliphatic carbocycles. The van der Waals surface area contributed by atoms with Crippen LogP contribution in [0.2, 0.25) is 0 Å². The monoisotopic (exact) mass is 343 g/mol. The highest BCUT2D eigenvalue weighted by molar-refractivity contribution is 6.00. The number of amides is 1. The Bertz CT molecular complexity index is 950. The second-order valence-corrected chi connectivity index (χ2v) is 5.44. The topological polar surface area (TPSA) is 74.0 Å². The molecule has 0 bridgehead atoms. The maximum Gasteiger partial charge on any atom is 0.273 e. The fourth-order valence-electron chi connectivity index (χ4n) is 2.28. The van der Waals surface area contributed by atoms with Crippen molar-refractivity contribution in [1.29, 1.82) is 0 Å². The molecule has 0 heterocycles. The summed E-state index contributed by atoms with van der Waals surface area (Å²) in [5.74, 6) is -0.282. The molecule has 26 heavy (non-hydrogen) atoms. The molecule has 0 atom stereocenters. The van der Waals surface area contributed by atoms with Gasteiger partial charge < -0.3 is 5.11 Å². The van der Waals surface area contributed by atoms with E-state index in [1.54, 1.807) is 48.7 Å². The number of rotatable bonds is 5. The van der Waals surface area contributed by atoms with Crippen LogP contribution in [0.15, 0.2) is 89.0 Å². The Morgan fingerprint density at radius 3 is 2.35 bits per heavy atom. The standard InChI is InChI=1S/C21H17N3O2/c25-20-13-7-4-10-17(20)15-23-24-21(26)18-11-5-6-12-19(18)22-14-16-8-2-1-3-9-16/h1-15,25H,(H,24,26)/b22-14?,23-15+. The third kappa shape index (κ3) is 4.42. The molecule has 1 amide bonds. The summed E-state index contributed by atoms with van der Waals surface area (Å²) < 4.78 is 0. The fourth-order valence-corrected chi connectivity index (χ4v) is 2.28. The number of hydrogen-bond acceptors (Lipinski definition) is 4. The van der Waals surface area contributed by atoms with E-state index in [0.29, 0.717) is 16.8 Å². The van der Waals surface area contributed by atoms with Crippen molar-refractivity contribution in [2.24, 2.45) is 10.1 Å². The van der Waals surface area contributed by atoms with E-state index in [2.05, 4.69) is 15.5 Å². The third-order valence-electron chi connectivity index (χ3n) is 3.61. The number of carbonyl (C=O) groups excluding carboxylic acids is 1. The van der Waals surface area contributed by atoms with Gasteiger partial charge in [0, 0.05) is 11.8 Å². The van der Waals surface area contributed by atoms with Gasteiger partial charge in [-0.1, -0.05) is 54.6 Å². The smallest absolute Gasteiger partial charge is 0.273 e. The predicted molar refractivity (Wildman–Crippen MR) is 103 cm³/mol. The molecule has 5 nitrogen and oxygen atoms in total. The normalized spacial score (nSPS) is 11.1. The second-order valence-electron chi connectivity index (χ2n) is 5.44. The maximum atomic E-state index is 12.4. The Kier molecular flexibility index (Phi) is 5.52. The van der Waals surface area contributed by atoms with Gasteiger partial charge in [-0.15, -0.1) is 0 Å². The molecule has 3 aromatic carbocycles. The lowest BCUT2D eigenvalue weighted by molar-refractivity contribution is 0.0956. The van der Waals surface area contributed by atoms with Gasteiger partial charge in [0.05, 0.1) is 17.5 Å². The van der Waals surface area contributed by atoms with Crippen molar-refractivity contribution in [3.63, 3.8) is 0 Å². The molecule has 0 aliphatic rings. The molecular weight excluding hydrogens is 326 g/mol. The van der Waals surface area contributed by atoms with Crippen molar-refractivity contribution in [3.8, 4) is 5.75 Å². The minimum Gasteiger partial charge on any atom is -0.507 e. The Morgan fingerprint density at radius 1 is 0.846 bits per heavy atom. The molecular formula is C21H17N3O2. The fraction of sp³-hybridized carbons (Fsp3) is 0. The molecule has 3 aromatic rings. The summed E-state index contributed by atoms with van der Waals surface area (Å²) >= 11 is 0. The Balaban J connectivity index is 1.74. The average molecular weight is 343 g/mol. The van der Waals surface area contributed by atoms with E-state index in [-0.39, 0.29) is 11.7 Å². The highest BCUT2D eigenvalue weighted by Crippen LogP contribution is 2.18. The summed E-state index contributed by atoms with van der Waals surface area (Å²) in [6.45, 7) is 0. The predicted octanol–water partition coefficient (Wildman–Crippen LogP) is 3.91. The summed E-state index contributed by atoms with van der Waals surface area (Å²) in [5.41, 5.74) is 4.88. The lowest BCUT2D eigenvalue weighted by Gasteiger charge is -2.04. The van der Waals surface area contributed by atoms with Crippen molar-refractivity contribution in [3.05, 3.63) is 95.6 Å². The zero-order valence-corrected chi connectivity index (χ0v) is 13.9. The minimum atomic E-state index is -0.377. The van der Waals surface area contributed by atoms with Crippen LogP contribution in [-0.4, -0.2) is 23.4 Å². The van der Waals surface area contributed by atoms with Gasteiger partial charge >= 0.3 is 0 Å². The quantitative estimate of drug-likeness (QED) is 0.544. The van der Waals surface area contributed by atoms with Gasteiger partial charge in [-0.2, -0.15) is 5.10 Å². The molecule has 128 valence electrons. The molecule has 0 aliphatic heterocycles. The van der Waals surface area contributed by atoms with E-state index < -0.39 is 0 Å². The average Bonchev–Trinajstić information content (AvgIpc) is 2.69. The zero-order chi connectivity index (χ0) is 18.2. The molecule has 3 rings (SSSR count). The van der Waals surface area contributed by atoms with Gasteiger partial charge in [0.2, 0.25) is 0 Å². The Morgan fingerprint density at radius 2 is 1.54 bits per heavy atom. The van der Waals surface area contributed by atoms with Crippen LogP contribution >= 0.6 is 0 Å². The number of nitrogens with zero attached hydrogens (tertiary/aromatic N) is 2. The zero-order valence-electron chi connectivity index (χ0n) is 13.9. The molecule has 0 saturated heterocycles. The van der Waals surface area contributed by atoms with Crippen molar-refractivity contribution >= 4 is 24.0 Å². The minimum absolute atomic E-state index is 0.0957. The summed E-state index contributed by atoms with van der Waals surface area (Å²) in [6, 6.07) is 23.4. The van der Waals surface area contributed by atoms with Crippen molar-refractivity contribution in [2.75, 3.05) is 0 Å². The van der Waals surface area contributed by atoms with E-state index in [1.165, 1.54) is 6.21 Å². The van der Waals surface area contributed by atoms with Gasteiger partial charge in [-0.3, -0.25) is 9.79 Å². The van der Waals surface area contributed by atoms with E-state index in [4.69, 9.17) is 0 Å². The number of aromatic hydroxyl groups is 1. The van der Waals surface area contributed by atoms with Gasteiger partial charge in [0.15, 0.2) is 0 Å². The van der Waals surface area contributed by atoms with Gasteiger partial charge in [0.1, 0.15) is 5.75 Å². The molecule has 0 spiro atoms. The first-order valence-corrected chi connectivity index (χ1v) is 8.03. The van der Waals surface area contributed by atoms with Crippen LogP contribution in [0, 0.1) is 0 Å². The van der Waals surface area contributed by atoms with E-state index in [1.807, 2.05) is 36.4 Å². The summed E-state index contributed by atoms with van der Waals surface area (Å²) in [5, 5.41) is 13.6. The number of hydrazone groups is 1. The molecule has 0 fully saturated rings. The molecule has 0 saturated carbocycles. The Labute approximate surface area is 151 Å². The van der Waals surface area contributed by atoms with Crippen LogP contribution < -0.4 is 5.43 Å². The molecule has 0 aromatic heterocycles. The molecule has 2 N–H and O–H groups in total. The first kappa shape index (κ1) is 17.1. The van der Waals surface area contributed by atoms with Crippen molar-refractivity contribution in [2.45, 2.75) is 0 Å². The number of nitrogens with one attached hydrogen (secondary N) is 1. The van der Waals surface area contributed by atoms with Gasteiger partial charge in [0.25, 0.3) is 5.91 Å². The van der Waals surface area contributed by atoms with Crippen molar-refractivity contribution < 1.29 is 9.90 Å². The summed E-state index contributed by atoms with van der Waals surface area (Å²) in [7, 11) is 0. The largest absolute Gasteiger partial charge is 0.507 e. The number of para-hydroxylation sites is 2. The maximum absolute atomic E-state index is 12.4. The van der Waals surface area contributed by atoms with Crippen LogP contribution in [0.5, 0.6) is 5.75 Å². The lowest BCUT2D eigenvalue weighted by atomic mass is 10.1. The molecule has 0 unspecified atom stereocenters. The van der Waals surface area contributed by atoms with E-state index in [0.717, 1.165) is 5.56 Å². The number of benzene rings is 3. The third-order valence-corrected chi connectivity index (χ3v) is 3.61. The first-order chi connectivity index (χ1) is 12.7. The number of phenolic OH excluding ortho intramolecular Hbond substituents is 1. The molecule has 0 radical (unpaired) electrons. The number of hydrogen-bond donors (Lipinski definition) is 2. The van der Waals surface area contributed by atoms with Gasteiger partial charge in [-0.05, 0) is 29.8 Å². The molecule has 5 heteroatoms. The second kappa shape index (κ2) is 8.39. The van der Waals surface area contributed by atoms with Gasteiger partial charge in [-0.25, -0.2) is 5.43 Å². The number of phenols is 1. The highest BCUT2D eigenvalue weighted by Gasteiger charge is 2.09. The summed E-state index contributed by atoms with van der Waals surface area (Å²) in [6.07, 6.45) is 3.10. The van der Waals surface area contributed by atoms with Crippen LogP contribution in [0.1, 0.15) is 21.5 Å². The van der Waals surface area contributed by atoms with Crippen LogP contribution in [0.3, 0.4) is 0 Å². The van der Waals surface area contributed by atoms with Crippen molar-refractivity contribution in [1.82, 2.24) is 5.43 Å². The summed E-state index contributed by atoms with van der Waals surface area (Å²) in [4.78, 5) is 16.8. The van der Waals surface area contributed by atoms with E-state index >= 15 is 0 Å². The first-order valence-electron chi connectivity index (χ1n) is 8.03. The highest BCUT2D eigenvalue weighted by atomic mass is 16.3.